The van der Waals surface area contributed by atoms with Gasteiger partial charge in [-0.25, -0.2) is 4.79 Å². The molecule has 0 bridgehead atoms. The summed E-state index contributed by atoms with van der Waals surface area (Å²) in [5.74, 6) is 0. The van der Waals surface area contributed by atoms with Crippen LogP contribution < -0.4 is 0 Å². The van der Waals surface area contributed by atoms with Crippen molar-refractivity contribution in [3.63, 3.8) is 0 Å². The van der Waals surface area contributed by atoms with Gasteiger partial charge in [0.25, 0.3) is 0 Å². The maximum absolute atomic E-state index is 11.9. The molecule has 0 aromatic rings. The van der Waals surface area contributed by atoms with E-state index in [0.717, 1.165) is 6.54 Å². The van der Waals surface area contributed by atoms with Gasteiger partial charge < -0.3 is 19.6 Å². The number of aliphatic hydroxyl groups is 1. The Balaban J connectivity index is 2.60. The number of amides is 1. The maximum Gasteiger partial charge on any atom is 0.410 e. The highest BCUT2D eigenvalue weighted by Crippen LogP contribution is 2.14. The fraction of sp³-hybridized carbons (Fsp3) is 0.909. The normalized spacial score (nSPS) is 23.3. The molecule has 1 fully saturated rings. The number of likely N-dealkylation sites (N-methyl/N-ethyl adjacent to an activating group) is 1. The third kappa shape index (κ3) is 3.64. The Morgan fingerprint density at radius 3 is 2.56 bits per heavy atom. The minimum absolute atomic E-state index is 0.0242. The van der Waals surface area contributed by atoms with Gasteiger partial charge in [-0.05, 0) is 27.8 Å². The molecule has 1 atom stereocenters. The van der Waals surface area contributed by atoms with Gasteiger partial charge in [0.1, 0.15) is 5.60 Å². The van der Waals surface area contributed by atoms with Crippen LogP contribution >= 0.6 is 0 Å². The first-order chi connectivity index (χ1) is 7.33. The summed E-state index contributed by atoms with van der Waals surface area (Å²) in [5, 5.41) is 9.25. The first-order valence-electron chi connectivity index (χ1n) is 5.62. The van der Waals surface area contributed by atoms with Crippen molar-refractivity contribution in [2.75, 3.05) is 33.3 Å². The standard InChI is InChI=1S/C11H22N2O3/c1-11(2,3)16-10(15)13-6-5-12(4)7-9(13)8-14/h9,14H,5-8H2,1-4H3/t9-/m0/s1. The van der Waals surface area contributed by atoms with Crippen LogP contribution in [0.15, 0.2) is 0 Å². The summed E-state index contributed by atoms with van der Waals surface area (Å²) in [4.78, 5) is 15.6. The van der Waals surface area contributed by atoms with Crippen LogP contribution in [-0.4, -0.2) is 65.9 Å². The molecular weight excluding hydrogens is 208 g/mol. The quantitative estimate of drug-likeness (QED) is 0.714. The third-order valence-corrected chi connectivity index (χ3v) is 2.52. The molecule has 0 spiro atoms. The molecular formula is C11H22N2O3. The molecule has 1 aliphatic rings. The lowest BCUT2D eigenvalue weighted by Crippen LogP contribution is -2.56. The Hall–Kier alpha value is -0.810. The molecule has 5 nitrogen and oxygen atoms in total. The molecule has 0 aromatic heterocycles. The number of ether oxygens (including phenoxy) is 1. The Morgan fingerprint density at radius 1 is 1.44 bits per heavy atom. The zero-order chi connectivity index (χ0) is 12.3. The van der Waals surface area contributed by atoms with Crippen molar-refractivity contribution in [3.8, 4) is 0 Å². The van der Waals surface area contributed by atoms with Gasteiger partial charge in [-0.1, -0.05) is 0 Å². The van der Waals surface area contributed by atoms with Crippen LogP contribution in [0.4, 0.5) is 4.79 Å². The number of carbonyl (C=O) groups excluding carboxylic acids is 1. The van der Waals surface area contributed by atoms with Gasteiger partial charge in [0.05, 0.1) is 12.6 Å². The number of aliphatic hydroxyl groups excluding tert-OH is 1. The number of rotatable bonds is 1. The molecule has 1 rings (SSSR count). The molecule has 94 valence electrons. The first-order valence-corrected chi connectivity index (χ1v) is 5.62. The van der Waals surface area contributed by atoms with Crippen LogP contribution in [0.2, 0.25) is 0 Å². The summed E-state index contributed by atoms with van der Waals surface area (Å²) >= 11 is 0. The second-order valence-electron chi connectivity index (χ2n) is 5.27. The van der Waals surface area contributed by atoms with Gasteiger partial charge in [0.15, 0.2) is 0 Å². The van der Waals surface area contributed by atoms with E-state index < -0.39 is 5.60 Å². The molecule has 0 radical (unpaired) electrons. The highest BCUT2D eigenvalue weighted by atomic mass is 16.6. The van der Waals surface area contributed by atoms with Crippen molar-refractivity contribution in [2.45, 2.75) is 32.4 Å². The smallest absolute Gasteiger partial charge is 0.410 e. The zero-order valence-corrected chi connectivity index (χ0v) is 10.6. The Bertz CT molecular complexity index is 250. The highest BCUT2D eigenvalue weighted by molar-refractivity contribution is 5.68. The van der Waals surface area contributed by atoms with Crippen LogP contribution in [-0.2, 0) is 4.74 Å². The van der Waals surface area contributed by atoms with E-state index in [4.69, 9.17) is 4.74 Å². The van der Waals surface area contributed by atoms with Crippen molar-refractivity contribution in [2.24, 2.45) is 0 Å². The highest BCUT2D eigenvalue weighted by Gasteiger charge is 2.31. The van der Waals surface area contributed by atoms with Gasteiger partial charge in [0, 0.05) is 19.6 Å². The molecule has 1 heterocycles. The van der Waals surface area contributed by atoms with E-state index in [0.29, 0.717) is 13.1 Å². The van der Waals surface area contributed by atoms with E-state index in [9.17, 15) is 9.90 Å². The Morgan fingerprint density at radius 2 is 2.06 bits per heavy atom. The monoisotopic (exact) mass is 230 g/mol. The second kappa shape index (κ2) is 5.01. The lowest BCUT2D eigenvalue weighted by Gasteiger charge is -2.39. The largest absolute Gasteiger partial charge is 0.444 e. The first kappa shape index (κ1) is 13.3. The van der Waals surface area contributed by atoms with Gasteiger partial charge >= 0.3 is 6.09 Å². The Kier molecular flexibility index (Phi) is 4.15. The topological polar surface area (TPSA) is 53.0 Å². The molecule has 1 amide bonds. The van der Waals surface area contributed by atoms with Crippen molar-refractivity contribution >= 4 is 6.09 Å². The molecule has 0 aromatic carbocycles. The molecule has 1 N–H and O–H groups in total. The van der Waals surface area contributed by atoms with Crippen molar-refractivity contribution in [3.05, 3.63) is 0 Å². The van der Waals surface area contributed by atoms with E-state index in [1.54, 1.807) is 4.90 Å². The number of nitrogens with zero attached hydrogens (tertiary/aromatic N) is 2. The van der Waals surface area contributed by atoms with Crippen LogP contribution in [0, 0.1) is 0 Å². The average Bonchev–Trinajstić information content (AvgIpc) is 2.14. The summed E-state index contributed by atoms with van der Waals surface area (Å²) < 4.78 is 5.30. The van der Waals surface area contributed by atoms with Gasteiger partial charge in [0.2, 0.25) is 0 Å². The van der Waals surface area contributed by atoms with Crippen LogP contribution in [0.3, 0.4) is 0 Å². The third-order valence-electron chi connectivity index (χ3n) is 2.52. The number of piperazine rings is 1. The minimum atomic E-state index is -0.486. The van der Waals surface area contributed by atoms with Crippen molar-refractivity contribution < 1.29 is 14.6 Å². The zero-order valence-electron chi connectivity index (χ0n) is 10.6. The van der Waals surface area contributed by atoms with Gasteiger partial charge in [-0.2, -0.15) is 0 Å². The van der Waals surface area contributed by atoms with E-state index >= 15 is 0 Å². The number of hydrogen-bond acceptors (Lipinski definition) is 4. The maximum atomic E-state index is 11.9. The van der Waals surface area contributed by atoms with Crippen LogP contribution in [0.1, 0.15) is 20.8 Å². The lowest BCUT2D eigenvalue weighted by molar-refractivity contribution is -0.00808. The van der Waals surface area contributed by atoms with E-state index in [2.05, 4.69) is 4.90 Å². The summed E-state index contributed by atoms with van der Waals surface area (Å²) in [6.45, 7) is 7.62. The summed E-state index contributed by atoms with van der Waals surface area (Å²) in [5.41, 5.74) is -0.486. The predicted octanol–water partition coefficient (Wildman–Crippen LogP) is 0.530. The SMILES string of the molecule is CN1CCN(C(=O)OC(C)(C)C)[C@H](CO)C1. The molecule has 0 aliphatic carbocycles. The molecule has 0 saturated carbocycles. The van der Waals surface area contributed by atoms with Crippen molar-refractivity contribution in [1.29, 1.82) is 0 Å². The van der Waals surface area contributed by atoms with Crippen LogP contribution in [0.25, 0.3) is 0 Å². The minimum Gasteiger partial charge on any atom is -0.444 e. The van der Waals surface area contributed by atoms with E-state index in [1.165, 1.54) is 0 Å². The fourth-order valence-electron chi connectivity index (χ4n) is 1.73. The van der Waals surface area contributed by atoms with Gasteiger partial charge in [-0.15, -0.1) is 0 Å². The fourth-order valence-corrected chi connectivity index (χ4v) is 1.73. The summed E-state index contributed by atoms with van der Waals surface area (Å²) in [6, 6.07) is -0.159. The number of hydrogen-bond donors (Lipinski definition) is 1. The summed E-state index contributed by atoms with van der Waals surface area (Å²) in [7, 11) is 1.98. The lowest BCUT2D eigenvalue weighted by atomic mass is 10.2. The second-order valence-corrected chi connectivity index (χ2v) is 5.27. The molecule has 1 saturated heterocycles. The predicted molar refractivity (Wildman–Crippen MR) is 61.3 cm³/mol. The van der Waals surface area contributed by atoms with E-state index in [-0.39, 0.29) is 18.7 Å². The molecule has 5 heteroatoms. The number of carbonyl (C=O) groups is 1. The average molecular weight is 230 g/mol. The van der Waals surface area contributed by atoms with Gasteiger partial charge in [-0.3, -0.25) is 0 Å². The molecule has 1 aliphatic heterocycles. The van der Waals surface area contributed by atoms with Crippen LogP contribution in [0.5, 0.6) is 0 Å². The summed E-state index contributed by atoms with van der Waals surface area (Å²) in [6.07, 6.45) is -0.334. The molecule has 0 unspecified atom stereocenters. The molecule has 16 heavy (non-hydrogen) atoms. The Labute approximate surface area is 97.0 Å². The van der Waals surface area contributed by atoms with E-state index in [1.807, 2.05) is 27.8 Å². The van der Waals surface area contributed by atoms with Crippen molar-refractivity contribution in [1.82, 2.24) is 9.80 Å².